The summed E-state index contributed by atoms with van der Waals surface area (Å²) in [6, 6.07) is 14.1. The largest absolute Gasteiger partial charge is 0.399 e. The quantitative estimate of drug-likeness (QED) is 0.453. The molecule has 0 saturated heterocycles. The van der Waals surface area contributed by atoms with Crippen LogP contribution < -0.4 is 5.73 Å². The van der Waals surface area contributed by atoms with Gasteiger partial charge in [-0.2, -0.15) is 9.61 Å². The fourth-order valence-electron chi connectivity index (χ4n) is 3.34. The Morgan fingerprint density at radius 3 is 2.67 bits per heavy atom. The van der Waals surface area contributed by atoms with Crippen LogP contribution in [0.3, 0.4) is 0 Å². The topological polar surface area (TPSA) is 82.0 Å². The zero-order valence-corrected chi connectivity index (χ0v) is 15.3. The van der Waals surface area contributed by atoms with Gasteiger partial charge in [0.15, 0.2) is 17.6 Å². The average Bonchev–Trinajstić information content (AvgIpc) is 3.17. The maximum atomic E-state index is 15.4. The molecule has 0 aliphatic rings. The van der Waals surface area contributed by atoms with Gasteiger partial charge in [0, 0.05) is 28.9 Å². The number of rotatable bonds is 3. The minimum Gasteiger partial charge on any atom is -0.399 e. The number of nitrogens with two attached hydrogens (primary N) is 1. The summed E-state index contributed by atoms with van der Waals surface area (Å²) in [7, 11) is 0. The smallest absolute Gasteiger partial charge is 0.193 e. The summed E-state index contributed by atoms with van der Waals surface area (Å²) >= 11 is 0. The molecule has 9 heteroatoms. The lowest BCUT2D eigenvalue weighted by Crippen LogP contribution is -2.09. The molecule has 0 bridgehead atoms. The summed E-state index contributed by atoms with van der Waals surface area (Å²) in [5.74, 6) is -2.43. The molecule has 2 N–H and O–H groups in total. The molecule has 30 heavy (non-hydrogen) atoms. The molecule has 148 valence electrons. The highest BCUT2D eigenvalue weighted by Crippen LogP contribution is 2.33. The highest BCUT2D eigenvalue weighted by Gasteiger charge is 2.28. The summed E-state index contributed by atoms with van der Waals surface area (Å²) in [6.07, 6.45) is -0.824. The monoisotopic (exact) mass is 406 g/mol. The molecule has 0 fully saturated rings. The van der Waals surface area contributed by atoms with E-state index in [1.807, 2.05) is 0 Å². The van der Waals surface area contributed by atoms with E-state index in [0.29, 0.717) is 16.9 Å². The predicted molar refractivity (Wildman–Crippen MR) is 105 cm³/mol. The maximum Gasteiger partial charge on any atom is 0.193 e. The first-order valence-corrected chi connectivity index (χ1v) is 8.98. The maximum absolute atomic E-state index is 15.4. The van der Waals surface area contributed by atoms with Crippen molar-refractivity contribution >= 4 is 22.2 Å². The number of benzene rings is 2. The van der Waals surface area contributed by atoms with E-state index in [9.17, 15) is 8.78 Å². The highest BCUT2D eigenvalue weighted by atomic mass is 19.2. The van der Waals surface area contributed by atoms with Gasteiger partial charge in [0.05, 0.1) is 16.8 Å². The summed E-state index contributed by atoms with van der Waals surface area (Å²) in [4.78, 5) is 3.91. The van der Waals surface area contributed by atoms with Gasteiger partial charge in [-0.05, 0) is 36.4 Å². The van der Waals surface area contributed by atoms with E-state index in [1.165, 1.54) is 18.3 Å². The molecule has 0 aliphatic heterocycles. The van der Waals surface area contributed by atoms with Crippen molar-refractivity contribution in [3.05, 3.63) is 83.8 Å². The van der Waals surface area contributed by atoms with Crippen molar-refractivity contribution in [3.8, 4) is 11.3 Å². The molecule has 5 aromatic rings. The number of nitrogen functional groups attached to an aromatic ring is 1. The van der Waals surface area contributed by atoms with Crippen molar-refractivity contribution in [2.75, 3.05) is 5.73 Å². The lowest BCUT2D eigenvalue weighted by Gasteiger charge is -2.11. The molecule has 0 spiro atoms. The van der Waals surface area contributed by atoms with Crippen LogP contribution in [0, 0.1) is 11.6 Å². The summed E-state index contributed by atoms with van der Waals surface area (Å²) in [5.41, 5.74) is 7.10. The van der Waals surface area contributed by atoms with E-state index in [1.54, 1.807) is 36.4 Å². The SMILES string of the molecule is Nc1cccc(-c2ccc3nnc(C(F)c4c(F)cc5ncccc5c4F)n3n2)c1. The van der Waals surface area contributed by atoms with E-state index in [-0.39, 0.29) is 22.4 Å². The Labute approximate surface area is 167 Å². The van der Waals surface area contributed by atoms with Crippen LogP contribution in [-0.4, -0.2) is 24.8 Å². The van der Waals surface area contributed by atoms with Gasteiger partial charge in [-0.1, -0.05) is 12.1 Å². The number of aromatic nitrogens is 5. The van der Waals surface area contributed by atoms with Gasteiger partial charge in [-0.3, -0.25) is 4.98 Å². The number of nitrogens with zero attached hydrogens (tertiary/aromatic N) is 5. The average molecular weight is 406 g/mol. The molecule has 3 heterocycles. The number of anilines is 1. The second-order valence-electron chi connectivity index (χ2n) is 6.69. The van der Waals surface area contributed by atoms with Crippen LogP contribution in [0.25, 0.3) is 27.8 Å². The Kier molecular flexibility index (Phi) is 4.09. The summed E-state index contributed by atoms with van der Waals surface area (Å²) < 4.78 is 46.1. The van der Waals surface area contributed by atoms with Gasteiger partial charge in [0.2, 0.25) is 0 Å². The van der Waals surface area contributed by atoms with Gasteiger partial charge in [0.25, 0.3) is 0 Å². The number of halogens is 3. The molecule has 1 unspecified atom stereocenters. The van der Waals surface area contributed by atoms with Gasteiger partial charge in [-0.25, -0.2) is 13.2 Å². The van der Waals surface area contributed by atoms with Crippen LogP contribution in [-0.2, 0) is 0 Å². The Morgan fingerprint density at radius 1 is 0.967 bits per heavy atom. The normalized spacial score (nSPS) is 12.5. The molecule has 0 aliphatic carbocycles. The van der Waals surface area contributed by atoms with Crippen LogP contribution in [0.4, 0.5) is 18.9 Å². The second-order valence-corrected chi connectivity index (χ2v) is 6.69. The van der Waals surface area contributed by atoms with Crippen LogP contribution >= 0.6 is 0 Å². The Hall–Kier alpha value is -4.01. The van der Waals surface area contributed by atoms with E-state index >= 15 is 4.39 Å². The van der Waals surface area contributed by atoms with Gasteiger partial charge < -0.3 is 5.73 Å². The molecule has 1 atom stereocenters. The fraction of sp³-hybridized carbons (Fsp3) is 0.0476. The zero-order chi connectivity index (χ0) is 20.8. The number of hydrogen-bond donors (Lipinski definition) is 1. The van der Waals surface area contributed by atoms with E-state index in [4.69, 9.17) is 5.73 Å². The summed E-state index contributed by atoms with van der Waals surface area (Å²) in [6.45, 7) is 0. The fourth-order valence-corrected chi connectivity index (χ4v) is 3.34. The van der Waals surface area contributed by atoms with Crippen LogP contribution in [0.5, 0.6) is 0 Å². The molecule has 6 nitrogen and oxygen atoms in total. The second kappa shape index (κ2) is 6.80. The van der Waals surface area contributed by atoms with E-state index in [0.717, 1.165) is 10.6 Å². The molecule has 5 rings (SSSR count). The van der Waals surface area contributed by atoms with Crippen molar-refractivity contribution in [2.45, 2.75) is 6.17 Å². The third-order valence-electron chi connectivity index (χ3n) is 4.78. The molecule has 2 aromatic carbocycles. The Balaban J connectivity index is 1.66. The van der Waals surface area contributed by atoms with E-state index < -0.39 is 23.4 Å². The van der Waals surface area contributed by atoms with E-state index in [2.05, 4.69) is 20.3 Å². The van der Waals surface area contributed by atoms with Crippen LogP contribution in [0.15, 0.2) is 60.8 Å². The van der Waals surface area contributed by atoms with Crippen LogP contribution in [0.1, 0.15) is 17.6 Å². The molecular weight excluding hydrogens is 393 g/mol. The summed E-state index contributed by atoms with van der Waals surface area (Å²) in [5, 5.41) is 12.0. The Morgan fingerprint density at radius 2 is 1.83 bits per heavy atom. The van der Waals surface area contributed by atoms with Crippen molar-refractivity contribution < 1.29 is 13.2 Å². The standard InChI is InChI=1S/C21H13F3N6/c22-14-10-16-13(5-2-8-26-16)19(23)18(14)20(24)21-28-27-17-7-6-15(29-30(17)21)11-3-1-4-12(25)9-11/h1-10,20H,25H2. The lowest BCUT2D eigenvalue weighted by atomic mass is 10.0. The third kappa shape index (κ3) is 2.83. The molecular formula is C21H13F3N6. The number of pyridine rings is 1. The number of fused-ring (bicyclic) bond motifs is 2. The molecule has 0 radical (unpaired) electrons. The van der Waals surface area contributed by atoms with Crippen molar-refractivity contribution in [3.63, 3.8) is 0 Å². The molecule has 0 saturated carbocycles. The first kappa shape index (κ1) is 18.0. The minimum absolute atomic E-state index is 0.0128. The first-order chi connectivity index (χ1) is 14.5. The number of alkyl halides is 1. The van der Waals surface area contributed by atoms with Crippen molar-refractivity contribution in [2.24, 2.45) is 0 Å². The van der Waals surface area contributed by atoms with Crippen LogP contribution in [0.2, 0.25) is 0 Å². The van der Waals surface area contributed by atoms with Gasteiger partial charge in [-0.15, -0.1) is 10.2 Å². The first-order valence-electron chi connectivity index (χ1n) is 8.98. The predicted octanol–water partition coefficient (Wildman–Crippen LogP) is 4.26. The highest BCUT2D eigenvalue weighted by molar-refractivity contribution is 5.80. The molecule has 0 amide bonds. The number of hydrogen-bond acceptors (Lipinski definition) is 5. The van der Waals surface area contributed by atoms with Crippen molar-refractivity contribution in [1.29, 1.82) is 0 Å². The van der Waals surface area contributed by atoms with Gasteiger partial charge in [0.1, 0.15) is 11.6 Å². The lowest BCUT2D eigenvalue weighted by molar-refractivity contribution is 0.352. The Bertz CT molecular complexity index is 1420. The third-order valence-corrected chi connectivity index (χ3v) is 4.78. The zero-order valence-electron chi connectivity index (χ0n) is 15.3. The molecule has 3 aromatic heterocycles. The van der Waals surface area contributed by atoms with Gasteiger partial charge >= 0.3 is 0 Å². The van der Waals surface area contributed by atoms with Crippen molar-refractivity contribution in [1.82, 2.24) is 24.8 Å². The minimum atomic E-state index is -2.23.